The number of hydrogen-bond acceptors (Lipinski definition) is 1. The lowest BCUT2D eigenvalue weighted by atomic mass is 9.73. The summed E-state index contributed by atoms with van der Waals surface area (Å²) in [6, 6.07) is 0. The summed E-state index contributed by atoms with van der Waals surface area (Å²) in [5.41, 5.74) is 0. The van der Waals surface area contributed by atoms with Crippen LogP contribution < -0.4 is 0 Å². The first-order chi connectivity index (χ1) is 9.76. The second-order valence-electron chi connectivity index (χ2n) is 6.98. The van der Waals surface area contributed by atoms with E-state index in [0.29, 0.717) is 11.8 Å². The molecule has 0 N–H and O–H groups in total. The molecule has 2 nitrogen and oxygen atoms in total. The molecule has 2 heteroatoms. The van der Waals surface area contributed by atoms with Crippen molar-refractivity contribution >= 4 is 5.91 Å². The Balaban J connectivity index is 1.80. The Hall–Kier alpha value is -0.530. The van der Waals surface area contributed by atoms with E-state index < -0.39 is 0 Å². The molecule has 1 aliphatic carbocycles. The van der Waals surface area contributed by atoms with E-state index in [1.54, 1.807) is 0 Å². The van der Waals surface area contributed by atoms with E-state index in [1.807, 2.05) is 0 Å². The van der Waals surface area contributed by atoms with E-state index in [0.717, 1.165) is 37.8 Å². The SMILES string of the molecule is CCCC(CCC)C1CCC(C(=O)N2CCCC2)CC1. The van der Waals surface area contributed by atoms with E-state index in [2.05, 4.69) is 18.7 Å². The third-order valence-electron chi connectivity index (χ3n) is 5.52. The molecule has 0 aromatic rings. The number of rotatable bonds is 6. The maximum atomic E-state index is 12.5. The summed E-state index contributed by atoms with van der Waals surface area (Å²) in [6.45, 7) is 6.66. The topological polar surface area (TPSA) is 20.3 Å². The molecule has 1 amide bonds. The van der Waals surface area contributed by atoms with Crippen molar-refractivity contribution in [1.29, 1.82) is 0 Å². The molecular formula is C18H33NO. The van der Waals surface area contributed by atoms with Crippen molar-refractivity contribution in [2.45, 2.75) is 78.1 Å². The van der Waals surface area contributed by atoms with Crippen LogP contribution in [0.1, 0.15) is 78.1 Å². The van der Waals surface area contributed by atoms with Crippen molar-refractivity contribution < 1.29 is 4.79 Å². The molecule has 0 aromatic carbocycles. The zero-order valence-electron chi connectivity index (χ0n) is 13.6. The van der Waals surface area contributed by atoms with E-state index in [1.165, 1.54) is 51.4 Å². The Morgan fingerprint density at radius 3 is 2.05 bits per heavy atom. The minimum atomic E-state index is 0.355. The summed E-state index contributed by atoms with van der Waals surface area (Å²) < 4.78 is 0. The summed E-state index contributed by atoms with van der Waals surface area (Å²) >= 11 is 0. The van der Waals surface area contributed by atoms with Crippen molar-refractivity contribution in [2.24, 2.45) is 17.8 Å². The van der Waals surface area contributed by atoms with Crippen molar-refractivity contribution in [3.8, 4) is 0 Å². The minimum absolute atomic E-state index is 0.355. The highest BCUT2D eigenvalue weighted by Crippen LogP contribution is 2.38. The van der Waals surface area contributed by atoms with Gasteiger partial charge >= 0.3 is 0 Å². The van der Waals surface area contributed by atoms with Crippen molar-refractivity contribution in [3.63, 3.8) is 0 Å². The van der Waals surface area contributed by atoms with Gasteiger partial charge in [-0.3, -0.25) is 4.79 Å². The number of amides is 1. The van der Waals surface area contributed by atoms with E-state index in [4.69, 9.17) is 0 Å². The second-order valence-corrected chi connectivity index (χ2v) is 6.98. The molecule has 20 heavy (non-hydrogen) atoms. The Bertz CT molecular complexity index is 282. The fraction of sp³-hybridized carbons (Fsp3) is 0.944. The van der Waals surface area contributed by atoms with Crippen LogP contribution in [0, 0.1) is 17.8 Å². The van der Waals surface area contributed by atoms with Crippen LogP contribution >= 0.6 is 0 Å². The van der Waals surface area contributed by atoms with E-state index >= 15 is 0 Å². The molecule has 0 unspecified atom stereocenters. The summed E-state index contributed by atoms with van der Waals surface area (Å²) in [6.07, 6.45) is 12.8. The normalized spacial score (nSPS) is 27.2. The Morgan fingerprint density at radius 2 is 1.55 bits per heavy atom. The molecular weight excluding hydrogens is 246 g/mol. The van der Waals surface area contributed by atoms with Crippen molar-refractivity contribution in [1.82, 2.24) is 4.90 Å². The van der Waals surface area contributed by atoms with Crippen molar-refractivity contribution in [2.75, 3.05) is 13.1 Å². The van der Waals surface area contributed by atoms with Crippen LogP contribution in [0.5, 0.6) is 0 Å². The summed E-state index contributed by atoms with van der Waals surface area (Å²) in [4.78, 5) is 14.6. The van der Waals surface area contributed by atoms with Gasteiger partial charge < -0.3 is 4.90 Å². The smallest absolute Gasteiger partial charge is 0.225 e. The molecule has 2 aliphatic rings. The number of hydrogen-bond donors (Lipinski definition) is 0. The molecule has 2 fully saturated rings. The first-order valence-electron chi connectivity index (χ1n) is 9.05. The average molecular weight is 279 g/mol. The second kappa shape index (κ2) is 8.05. The third kappa shape index (κ3) is 3.99. The zero-order valence-corrected chi connectivity index (χ0v) is 13.6. The fourth-order valence-corrected chi connectivity index (χ4v) is 4.39. The predicted molar refractivity (Wildman–Crippen MR) is 84.6 cm³/mol. The highest BCUT2D eigenvalue weighted by atomic mass is 16.2. The molecule has 0 spiro atoms. The van der Waals surface area contributed by atoms with Crippen LogP contribution in [-0.4, -0.2) is 23.9 Å². The molecule has 0 radical (unpaired) electrons. The standard InChI is InChI=1S/C18H33NO/c1-3-7-15(8-4-2)16-9-11-17(12-10-16)18(20)19-13-5-6-14-19/h15-17H,3-14H2,1-2H3. The average Bonchev–Trinajstić information content (AvgIpc) is 3.01. The van der Waals surface area contributed by atoms with Gasteiger partial charge in [-0.25, -0.2) is 0 Å². The molecule has 116 valence electrons. The number of carbonyl (C=O) groups excluding carboxylic acids is 1. The van der Waals surface area contributed by atoms with Gasteiger partial charge in [0.15, 0.2) is 0 Å². The number of nitrogens with zero attached hydrogens (tertiary/aromatic N) is 1. The quantitative estimate of drug-likeness (QED) is 0.694. The lowest BCUT2D eigenvalue weighted by molar-refractivity contribution is -0.135. The van der Waals surface area contributed by atoms with Gasteiger partial charge in [-0.05, 0) is 50.4 Å². The fourth-order valence-electron chi connectivity index (χ4n) is 4.39. The van der Waals surface area contributed by atoms with Crippen LogP contribution in [0.3, 0.4) is 0 Å². The van der Waals surface area contributed by atoms with Gasteiger partial charge in [-0.15, -0.1) is 0 Å². The van der Waals surface area contributed by atoms with Crippen LogP contribution in [-0.2, 0) is 4.79 Å². The predicted octanol–water partition coefficient (Wildman–Crippen LogP) is 4.63. The summed E-state index contributed by atoms with van der Waals surface area (Å²) in [5.74, 6) is 2.65. The van der Waals surface area contributed by atoms with E-state index in [9.17, 15) is 4.79 Å². The van der Waals surface area contributed by atoms with Gasteiger partial charge in [0.1, 0.15) is 0 Å². The Kier molecular flexibility index (Phi) is 6.38. The molecule has 1 aliphatic heterocycles. The van der Waals surface area contributed by atoms with Crippen LogP contribution in [0.2, 0.25) is 0 Å². The third-order valence-corrected chi connectivity index (χ3v) is 5.52. The molecule has 1 saturated carbocycles. The van der Waals surface area contributed by atoms with Gasteiger partial charge in [0.2, 0.25) is 5.91 Å². The summed E-state index contributed by atoms with van der Waals surface area (Å²) in [7, 11) is 0. The molecule has 0 atom stereocenters. The van der Waals surface area contributed by atoms with Gasteiger partial charge in [-0.1, -0.05) is 39.5 Å². The monoisotopic (exact) mass is 279 g/mol. The van der Waals surface area contributed by atoms with Gasteiger partial charge in [0, 0.05) is 19.0 Å². The molecule has 0 bridgehead atoms. The number of carbonyl (C=O) groups is 1. The van der Waals surface area contributed by atoms with Crippen LogP contribution in [0.15, 0.2) is 0 Å². The maximum Gasteiger partial charge on any atom is 0.225 e. The first-order valence-corrected chi connectivity index (χ1v) is 9.05. The molecule has 1 heterocycles. The molecule has 2 rings (SSSR count). The van der Waals surface area contributed by atoms with Crippen molar-refractivity contribution in [3.05, 3.63) is 0 Å². The minimum Gasteiger partial charge on any atom is -0.342 e. The first kappa shape index (κ1) is 15.9. The van der Waals surface area contributed by atoms with Crippen LogP contribution in [0.25, 0.3) is 0 Å². The Morgan fingerprint density at radius 1 is 1.00 bits per heavy atom. The van der Waals surface area contributed by atoms with Gasteiger partial charge in [-0.2, -0.15) is 0 Å². The Labute approximate surface area is 125 Å². The highest BCUT2D eigenvalue weighted by Gasteiger charge is 2.32. The summed E-state index contributed by atoms with van der Waals surface area (Å²) in [5, 5.41) is 0. The van der Waals surface area contributed by atoms with Gasteiger partial charge in [0.05, 0.1) is 0 Å². The lowest BCUT2D eigenvalue weighted by Crippen LogP contribution is -2.36. The van der Waals surface area contributed by atoms with E-state index in [-0.39, 0.29) is 0 Å². The van der Waals surface area contributed by atoms with Crippen LogP contribution in [0.4, 0.5) is 0 Å². The highest BCUT2D eigenvalue weighted by molar-refractivity contribution is 5.79. The number of likely N-dealkylation sites (tertiary alicyclic amines) is 1. The molecule has 1 saturated heterocycles. The lowest BCUT2D eigenvalue weighted by Gasteiger charge is -2.34. The van der Waals surface area contributed by atoms with Gasteiger partial charge in [0.25, 0.3) is 0 Å². The largest absolute Gasteiger partial charge is 0.342 e. The maximum absolute atomic E-state index is 12.5. The zero-order chi connectivity index (χ0) is 14.4. The molecule has 0 aromatic heterocycles.